The van der Waals surface area contributed by atoms with Gasteiger partial charge in [0.15, 0.2) is 5.58 Å². The molecule has 0 aliphatic heterocycles. The average Bonchev–Trinajstić information content (AvgIpc) is 2.80. The van der Waals surface area contributed by atoms with Crippen LogP contribution in [-0.4, -0.2) is 4.98 Å². The minimum absolute atomic E-state index is 0.249. The van der Waals surface area contributed by atoms with Crippen molar-refractivity contribution in [3.8, 4) is 0 Å². The third-order valence-electron chi connectivity index (χ3n) is 3.12. The molecule has 0 fully saturated rings. The van der Waals surface area contributed by atoms with Crippen molar-refractivity contribution in [2.75, 3.05) is 11.1 Å². The van der Waals surface area contributed by atoms with Gasteiger partial charge in [-0.05, 0) is 25.1 Å². The molecule has 102 valence electrons. The van der Waals surface area contributed by atoms with Gasteiger partial charge in [-0.2, -0.15) is 4.98 Å². The molecule has 3 N–H and O–H groups in total. The summed E-state index contributed by atoms with van der Waals surface area (Å²) in [5, 5.41) is 3.05. The van der Waals surface area contributed by atoms with E-state index in [0.29, 0.717) is 28.4 Å². The second kappa shape index (κ2) is 4.85. The highest BCUT2D eigenvalue weighted by Gasteiger charge is 2.13. The minimum atomic E-state index is -0.257. The lowest BCUT2D eigenvalue weighted by Gasteiger charge is -2.12. The van der Waals surface area contributed by atoms with Gasteiger partial charge >= 0.3 is 0 Å². The number of nitrogen functional groups attached to an aromatic ring is 1. The number of hydrogen-bond acceptors (Lipinski definition) is 4. The number of aromatic nitrogens is 1. The van der Waals surface area contributed by atoms with Crippen molar-refractivity contribution in [1.82, 2.24) is 4.98 Å². The molecule has 0 amide bonds. The molecule has 0 bridgehead atoms. The molecule has 0 aliphatic rings. The van der Waals surface area contributed by atoms with E-state index in [1.54, 1.807) is 36.4 Å². The van der Waals surface area contributed by atoms with Gasteiger partial charge in [-0.3, -0.25) is 0 Å². The topological polar surface area (TPSA) is 64.1 Å². The smallest absolute Gasteiger partial charge is 0.296 e. The van der Waals surface area contributed by atoms with Crippen molar-refractivity contribution in [2.24, 2.45) is 0 Å². The molecule has 1 atom stereocenters. The summed E-state index contributed by atoms with van der Waals surface area (Å²) in [4.78, 5) is 4.29. The maximum Gasteiger partial charge on any atom is 0.296 e. The molecule has 5 heteroatoms. The van der Waals surface area contributed by atoms with Crippen LogP contribution in [0.25, 0.3) is 11.1 Å². The molecule has 0 saturated heterocycles. The van der Waals surface area contributed by atoms with Gasteiger partial charge in [0.25, 0.3) is 6.01 Å². The number of benzene rings is 2. The highest BCUT2D eigenvalue weighted by molar-refractivity contribution is 5.78. The van der Waals surface area contributed by atoms with Crippen LogP contribution in [-0.2, 0) is 0 Å². The zero-order chi connectivity index (χ0) is 14.1. The number of nitrogens with two attached hydrogens (primary N) is 1. The number of nitrogens with one attached hydrogen (secondary N) is 1. The first-order valence-electron chi connectivity index (χ1n) is 6.30. The van der Waals surface area contributed by atoms with E-state index in [2.05, 4.69) is 10.3 Å². The normalized spacial score (nSPS) is 12.5. The number of anilines is 2. The second-order valence-electron chi connectivity index (χ2n) is 4.63. The maximum atomic E-state index is 13.7. The zero-order valence-corrected chi connectivity index (χ0v) is 10.9. The van der Waals surface area contributed by atoms with Crippen LogP contribution in [0.4, 0.5) is 16.1 Å². The van der Waals surface area contributed by atoms with Crippen LogP contribution in [0.3, 0.4) is 0 Å². The van der Waals surface area contributed by atoms with Crippen molar-refractivity contribution >= 4 is 22.8 Å². The molecule has 20 heavy (non-hydrogen) atoms. The SMILES string of the molecule is CC(Nc1nc2ccc(N)cc2o1)c1ccccc1F. The first kappa shape index (κ1) is 12.5. The molecule has 2 aromatic carbocycles. The Morgan fingerprint density at radius 2 is 2.05 bits per heavy atom. The van der Waals surface area contributed by atoms with Gasteiger partial charge in [0.2, 0.25) is 0 Å². The van der Waals surface area contributed by atoms with Crippen molar-refractivity contribution in [1.29, 1.82) is 0 Å². The summed E-state index contributed by atoms with van der Waals surface area (Å²) in [5.74, 6) is -0.257. The van der Waals surface area contributed by atoms with Crippen LogP contribution in [0.15, 0.2) is 46.9 Å². The summed E-state index contributed by atoms with van der Waals surface area (Å²) in [7, 11) is 0. The quantitative estimate of drug-likeness (QED) is 0.712. The van der Waals surface area contributed by atoms with E-state index >= 15 is 0 Å². The molecule has 0 radical (unpaired) electrons. The predicted octanol–water partition coefficient (Wildman–Crippen LogP) is 3.72. The lowest BCUT2D eigenvalue weighted by Crippen LogP contribution is -2.08. The zero-order valence-electron chi connectivity index (χ0n) is 10.9. The predicted molar refractivity (Wildman–Crippen MR) is 76.9 cm³/mol. The standard InChI is InChI=1S/C15H14FN3O/c1-9(11-4-2-3-5-12(11)16)18-15-19-13-7-6-10(17)8-14(13)20-15/h2-9H,17H2,1H3,(H,18,19). The molecule has 4 nitrogen and oxygen atoms in total. The summed E-state index contributed by atoms with van der Waals surface area (Å²) in [5.41, 5.74) is 8.18. The van der Waals surface area contributed by atoms with E-state index in [4.69, 9.17) is 10.2 Å². The first-order chi connectivity index (χ1) is 9.63. The molecule has 3 rings (SSSR count). The van der Waals surface area contributed by atoms with Crippen LogP contribution in [0.2, 0.25) is 0 Å². The van der Waals surface area contributed by atoms with E-state index < -0.39 is 0 Å². The van der Waals surface area contributed by atoms with Gasteiger partial charge in [0, 0.05) is 17.3 Å². The molecule has 0 aliphatic carbocycles. The average molecular weight is 271 g/mol. The van der Waals surface area contributed by atoms with Gasteiger partial charge in [0.05, 0.1) is 6.04 Å². The molecule has 0 spiro atoms. The van der Waals surface area contributed by atoms with Gasteiger partial charge < -0.3 is 15.5 Å². The third-order valence-corrected chi connectivity index (χ3v) is 3.12. The lowest BCUT2D eigenvalue weighted by molar-refractivity contribution is 0.580. The number of oxazole rings is 1. The molecule has 1 heterocycles. The third kappa shape index (κ3) is 2.30. The number of nitrogens with zero attached hydrogens (tertiary/aromatic N) is 1. The van der Waals surface area contributed by atoms with Crippen molar-refractivity contribution in [3.63, 3.8) is 0 Å². The maximum absolute atomic E-state index is 13.7. The van der Waals surface area contributed by atoms with E-state index in [1.807, 2.05) is 6.92 Å². The fourth-order valence-corrected chi connectivity index (χ4v) is 2.09. The Kier molecular flexibility index (Phi) is 3.02. The van der Waals surface area contributed by atoms with Gasteiger partial charge in [-0.1, -0.05) is 18.2 Å². The Labute approximate surface area is 115 Å². The highest BCUT2D eigenvalue weighted by Crippen LogP contribution is 2.25. The summed E-state index contributed by atoms with van der Waals surface area (Å²) in [6, 6.07) is 12.0. The van der Waals surface area contributed by atoms with Crippen molar-refractivity contribution < 1.29 is 8.81 Å². The van der Waals surface area contributed by atoms with Crippen LogP contribution in [0.1, 0.15) is 18.5 Å². The van der Waals surface area contributed by atoms with Crippen LogP contribution in [0.5, 0.6) is 0 Å². The number of fused-ring (bicyclic) bond motifs is 1. The Balaban J connectivity index is 1.87. The number of hydrogen-bond donors (Lipinski definition) is 2. The second-order valence-corrected chi connectivity index (χ2v) is 4.63. The molecular formula is C15H14FN3O. The molecule has 3 aromatic rings. The summed E-state index contributed by atoms with van der Waals surface area (Å²) in [6.07, 6.45) is 0. The van der Waals surface area contributed by atoms with Gasteiger partial charge in [-0.25, -0.2) is 4.39 Å². The van der Waals surface area contributed by atoms with E-state index in [-0.39, 0.29) is 11.9 Å². The van der Waals surface area contributed by atoms with Crippen LogP contribution >= 0.6 is 0 Å². The fraction of sp³-hybridized carbons (Fsp3) is 0.133. The minimum Gasteiger partial charge on any atom is -0.423 e. The van der Waals surface area contributed by atoms with E-state index in [1.165, 1.54) is 6.07 Å². The fourth-order valence-electron chi connectivity index (χ4n) is 2.09. The van der Waals surface area contributed by atoms with Crippen molar-refractivity contribution in [2.45, 2.75) is 13.0 Å². The highest BCUT2D eigenvalue weighted by atomic mass is 19.1. The monoisotopic (exact) mass is 271 g/mol. The Morgan fingerprint density at radius 3 is 2.85 bits per heavy atom. The number of rotatable bonds is 3. The first-order valence-corrected chi connectivity index (χ1v) is 6.30. The van der Waals surface area contributed by atoms with Crippen LogP contribution in [0, 0.1) is 5.82 Å². The Morgan fingerprint density at radius 1 is 1.25 bits per heavy atom. The Hall–Kier alpha value is -2.56. The molecular weight excluding hydrogens is 257 g/mol. The van der Waals surface area contributed by atoms with Gasteiger partial charge in [0.1, 0.15) is 11.3 Å². The van der Waals surface area contributed by atoms with Gasteiger partial charge in [-0.15, -0.1) is 0 Å². The molecule has 0 saturated carbocycles. The Bertz CT molecular complexity index is 754. The van der Waals surface area contributed by atoms with Crippen LogP contribution < -0.4 is 11.1 Å². The summed E-state index contributed by atoms with van der Waals surface area (Å²) < 4.78 is 19.2. The molecule has 1 unspecified atom stereocenters. The van der Waals surface area contributed by atoms with Crippen molar-refractivity contribution in [3.05, 3.63) is 53.8 Å². The number of halogens is 1. The van der Waals surface area contributed by atoms with E-state index in [9.17, 15) is 4.39 Å². The molecule has 1 aromatic heterocycles. The summed E-state index contributed by atoms with van der Waals surface area (Å²) in [6.45, 7) is 1.85. The summed E-state index contributed by atoms with van der Waals surface area (Å²) >= 11 is 0. The largest absolute Gasteiger partial charge is 0.423 e. The lowest BCUT2D eigenvalue weighted by atomic mass is 10.1. The van der Waals surface area contributed by atoms with E-state index in [0.717, 1.165) is 0 Å².